The van der Waals surface area contributed by atoms with Gasteiger partial charge in [0.2, 0.25) is 0 Å². The highest BCUT2D eigenvalue weighted by Crippen LogP contribution is 2.14. The van der Waals surface area contributed by atoms with Crippen LogP contribution < -0.4 is 10.6 Å². The van der Waals surface area contributed by atoms with Crippen molar-refractivity contribution in [3.8, 4) is 0 Å². The van der Waals surface area contributed by atoms with Gasteiger partial charge in [-0.1, -0.05) is 31.2 Å². The number of fused-ring (bicyclic) bond motifs is 1. The lowest BCUT2D eigenvalue weighted by molar-refractivity contribution is 0.0953. The SMILES string of the molecule is CCc1cccc(CNCCCNC(=O)c2ccc3[nH]ccc3c2)c1.Cc1cc(F)cc(F)c1. The summed E-state index contributed by atoms with van der Waals surface area (Å²) in [5.41, 5.74) is 5.03. The highest BCUT2D eigenvalue weighted by atomic mass is 19.1. The molecule has 0 aliphatic heterocycles. The molecule has 4 aromatic rings. The quantitative estimate of drug-likeness (QED) is 0.284. The number of hydrogen-bond acceptors (Lipinski definition) is 2. The number of aromatic nitrogens is 1. The van der Waals surface area contributed by atoms with Crippen LogP contribution in [-0.2, 0) is 13.0 Å². The van der Waals surface area contributed by atoms with Crippen molar-refractivity contribution in [2.45, 2.75) is 33.2 Å². The average molecular weight is 464 g/mol. The van der Waals surface area contributed by atoms with Gasteiger partial charge in [-0.25, -0.2) is 8.78 Å². The molecule has 0 bridgehead atoms. The van der Waals surface area contributed by atoms with Crippen molar-refractivity contribution in [3.63, 3.8) is 0 Å². The fraction of sp³-hybridized carbons (Fsp3) is 0.250. The number of amides is 1. The zero-order chi connectivity index (χ0) is 24.3. The Hall–Kier alpha value is -3.51. The van der Waals surface area contributed by atoms with Crippen LogP contribution in [-0.4, -0.2) is 24.0 Å². The smallest absolute Gasteiger partial charge is 0.251 e. The summed E-state index contributed by atoms with van der Waals surface area (Å²) in [5, 5.41) is 7.47. The molecule has 6 heteroatoms. The molecule has 0 radical (unpaired) electrons. The van der Waals surface area contributed by atoms with E-state index in [1.165, 1.54) is 23.3 Å². The van der Waals surface area contributed by atoms with E-state index in [1.54, 1.807) is 6.92 Å². The number of H-pyrrole nitrogens is 1. The zero-order valence-corrected chi connectivity index (χ0v) is 19.6. The first-order valence-electron chi connectivity index (χ1n) is 11.5. The van der Waals surface area contributed by atoms with Crippen LogP contribution in [0.5, 0.6) is 0 Å². The minimum absolute atomic E-state index is 0.0150. The summed E-state index contributed by atoms with van der Waals surface area (Å²) >= 11 is 0. The van der Waals surface area contributed by atoms with Gasteiger partial charge in [0.15, 0.2) is 0 Å². The van der Waals surface area contributed by atoms with Crippen molar-refractivity contribution in [1.82, 2.24) is 15.6 Å². The lowest BCUT2D eigenvalue weighted by Gasteiger charge is -2.08. The van der Waals surface area contributed by atoms with E-state index in [2.05, 4.69) is 46.8 Å². The summed E-state index contributed by atoms with van der Waals surface area (Å²) in [6.07, 6.45) is 3.86. The molecular formula is C28H31F2N3O. The molecule has 4 nitrogen and oxygen atoms in total. The molecule has 0 aliphatic carbocycles. The Balaban J connectivity index is 0.000000302. The Labute approximate surface area is 199 Å². The Morgan fingerprint density at radius 1 is 0.912 bits per heavy atom. The van der Waals surface area contributed by atoms with Crippen LogP contribution in [0.3, 0.4) is 0 Å². The molecule has 3 N–H and O–H groups in total. The maximum atomic E-state index is 12.2. The number of carbonyl (C=O) groups excluding carboxylic acids is 1. The molecule has 1 amide bonds. The highest BCUT2D eigenvalue weighted by Gasteiger charge is 2.06. The maximum absolute atomic E-state index is 12.2. The van der Waals surface area contributed by atoms with E-state index in [0.29, 0.717) is 17.7 Å². The Morgan fingerprint density at radius 2 is 1.68 bits per heavy atom. The van der Waals surface area contributed by atoms with Crippen LogP contribution in [0.25, 0.3) is 10.9 Å². The molecule has 0 unspecified atom stereocenters. The first-order chi connectivity index (χ1) is 16.4. The van der Waals surface area contributed by atoms with Crippen LogP contribution >= 0.6 is 0 Å². The average Bonchev–Trinajstić information content (AvgIpc) is 3.29. The van der Waals surface area contributed by atoms with Gasteiger partial charge in [0.05, 0.1) is 0 Å². The lowest BCUT2D eigenvalue weighted by atomic mass is 10.1. The Kier molecular flexibility index (Phi) is 9.35. The Bertz CT molecular complexity index is 1170. The normalized spacial score (nSPS) is 10.6. The zero-order valence-electron chi connectivity index (χ0n) is 19.6. The molecular weight excluding hydrogens is 432 g/mol. The molecule has 0 saturated heterocycles. The summed E-state index contributed by atoms with van der Waals surface area (Å²) in [7, 11) is 0. The number of rotatable bonds is 8. The lowest BCUT2D eigenvalue weighted by Crippen LogP contribution is -2.27. The van der Waals surface area contributed by atoms with Gasteiger partial charge in [-0.3, -0.25) is 4.79 Å². The predicted molar refractivity (Wildman–Crippen MR) is 134 cm³/mol. The van der Waals surface area contributed by atoms with Crippen molar-refractivity contribution in [3.05, 3.63) is 107 Å². The van der Waals surface area contributed by atoms with E-state index in [-0.39, 0.29) is 5.91 Å². The van der Waals surface area contributed by atoms with Crippen LogP contribution in [0, 0.1) is 18.6 Å². The minimum Gasteiger partial charge on any atom is -0.361 e. The highest BCUT2D eigenvalue weighted by molar-refractivity contribution is 5.98. The van der Waals surface area contributed by atoms with E-state index in [4.69, 9.17) is 0 Å². The van der Waals surface area contributed by atoms with E-state index in [1.807, 2.05) is 30.5 Å². The minimum atomic E-state index is -0.521. The monoisotopic (exact) mass is 463 g/mol. The molecule has 178 valence electrons. The van der Waals surface area contributed by atoms with Gasteiger partial charge < -0.3 is 15.6 Å². The van der Waals surface area contributed by atoms with Gasteiger partial charge >= 0.3 is 0 Å². The van der Waals surface area contributed by atoms with Gasteiger partial charge in [-0.05, 0) is 79.4 Å². The summed E-state index contributed by atoms with van der Waals surface area (Å²) < 4.78 is 24.4. The van der Waals surface area contributed by atoms with Crippen molar-refractivity contribution in [2.24, 2.45) is 0 Å². The van der Waals surface area contributed by atoms with Crippen LogP contribution in [0.1, 0.15) is 40.4 Å². The molecule has 0 atom stereocenters. The first kappa shape index (κ1) is 25.1. The molecule has 0 spiro atoms. The number of carbonyl (C=O) groups is 1. The molecule has 0 saturated carbocycles. The molecule has 1 aromatic heterocycles. The number of nitrogens with one attached hydrogen (secondary N) is 3. The maximum Gasteiger partial charge on any atom is 0.251 e. The van der Waals surface area contributed by atoms with Gasteiger partial charge in [-0.15, -0.1) is 0 Å². The summed E-state index contributed by atoms with van der Waals surface area (Å²) in [6, 6.07) is 19.8. The molecule has 0 fully saturated rings. The number of benzene rings is 3. The van der Waals surface area contributed by atoms with Crippen molar-refractivity contribution >= 4 is 16.8 Å². The second kappa shape index (κ2) is 12.7. The topological polar surface area (TPSA) is 56.9 Å². The second-order valence-electron chi connectivity index (χ2n) is 8.19. The molecule has 34 heavy (non-hydrogen) atoms. The van der Waals surface area contributed by atoms with E-state index < -0.39 is 11.6 Å². The fourth-order valence-electron chi connectivity index (χ4n) is 3.60. The van der Waals surface area contributed by atoms with Crippen LogP contribution in [0.2, 0.25) is 0 Å². The van der Waals surface area contributed by atoms with E-state index in [9.17, 15) is 13.6 Å². The Morgan fingerprint density at radius 3 is 2.41 bits per heavy atom. The summed E-state index contributed by atoms with van der Waals surface area (Å²) in [6.45, 7) is 6.24. The van der Waals surface area contributed by atoms with Gasteiger partial charge in [0.25, 0.3) is 5.91 Å². The largest absolute Gasteiger partial charge is 0.361 e. The molecule has 0 aliphatic rings. The number of halogens is 2. The predicted octanol–water partition coefficient (Wildman–Crippen LogP) is 5.91. The molecule has 4 rings (SSSR count). The van der Waals surface area contributed by atoms with Gasteiger partial charge in [0, 0.05) is 41.8 Å². The second-order valence-corrected chi connectivity index (χ2v) is 8.19. The molecule has 1 heterocycles. The van der Waals surface area contributed by atoms with Gasteiger partial charge in [-0.2, -0.15) is 0 Å². The van der Waals surface area contributed by atoms with E-state index in [0.717, 1.165) is 42.9 Å². The fourth-order valence-corrected chi connectivity index (χ4v) is 3.60. The third-order valence-electron chi connectivity index (χ3n) is 5.37. The number of aryl methyl sites for hydroxylation is 2. The number of hydrogen-bond donors (Lipinski definition) is 3. The summed E-state index contributed by atoms with van der Waals surface area (Å²) in [5.74, 6) is -1.06. The summed E-state index contributed by atoms with van der Waals surface area (Å²) in [4.78, 5) is 15.3. The standard InChI is InChI=1S/C21H25N3O.C7H6F2/c1-2-16-5-3-6-17(13-16)15-22-10-4-11-24-21(25)19-7-8-20-18(14-19)9-12-23-20;1-5-2-6(8)4-7(9)3-5/h3,5-9,12-14,22-23H,2,4,10-11,15H2,1H3,(H,24,25);2-4H,1H3. The van der Waals surface area contributed by atoms with Crippen LogP contribution in [0.15, 0.2) is 72.9 Å². The first-order valence-corrected chi connectivity index (χ1v) is 11.5. The van der Waals surface area contributed by atoms with Crippen LogP contribution in [0.4, 0.5) is 8.78 Å². The van der Waals surface area contributed by atoms with E-state index >= 15 is 0 Å². The van der Waals surface area contributed by atoms with Gasteiger partial charge in [0.1, 0.15) is 11.6 Å². The number of aromatic amines is 1. The molecule has 3 aromatic carbocycles. The third kappa shape index (κ3) is 7.81. The van der Waals surface area contributed by atoms with Crippen molar-refractivity contribution in [2.75, 3.05) is 13.1 Å². The third-order valence-corrected chi connectivity index (χ3v) is 5.37. The van der Waals surface area contributed by atoms with Crippen molar-refractivity contribution < 1.29 is 13.6 Å². The van der Waals surface area contributed by atoms with Crippen molar-refractivity contribution in [1.29, 1.82) is 0 Å².